The number of hydrogen-bond donors (Lipinski definition) is 4. The summed E-state index contributed by atoms with van der Waals surface area (Å²) in [6.07, 6.45) is 0. The first-order valence-corrected chi connectivity index (χ1v) is 7.98. The average Bonchev–Trinajstić information content (AvgIpc) is 3.05. The molecule has 4 aromatic rings. The van der Waals surface area contributed by atoms with Crippen molar-refractivity contribution >= 4 is 29.1 Å². The minimum Gasteiger partial charge on any atom is -0.507 e. The summed E-state index contributed by atoms with van der Waals surface area (Å²) in [5, 5.41) is 19.3. The van der Waals surface area contributed by atoms with Crippen LogP contribution in [0.5, 0.6) is 5.75 Å². The highest BCUT2D eigenvalue weighted by atomic mass is 35.5. The molecule has 5 heteroatoms. The van der Waals surface area contributed by atoms with E-state index >= 15 is 0 Å². The molecule has 0 unspecified atom stereocenters. The fourth-order valence-corrected chi connectivity index (χ4v) is 3.06. The number of fused-ring (bicyclic) bond motifs is 1. The minimum absolute atomic E-state index is 0. The minimum atomic E-state index is 0. The van der Waals surface area contributed by atoms with E-state index in [1.807, 2.05) is 72.8 Å². The van der Waals surface area contributed by atoms with Crippen molar-refractivity contribution in [3.8, 4) is 28.1 Å². The second-order valence-corrected chi connectivity index (χ2v) is 5.97. The Morgan fingerprint density at radius 1 is 0.885 bits per heavy atom. The number of nitrogen functional groups attached to an aromatic ring is 1. The van der Waals surface area contributed by atoms with Gasteiger partial charge < -0.3 is 15.8 Å². The van der Waals surface area contributed by atoms with Crippen molar-refractivity contribution in [1.82, 2.24) is 4.98 Å². The highest BCUT2D eigenvalue weighted by Crippen LogP contribution is 2.38. The quantitative estimate of drug-likeness (QED) is 0.308. The summed E-state index contributed by atoms with van der Waals surface area (Å²) in [7, 11) is 0. The first-order chi connectivity index (χ1) is 12.1. The topological polar surface area (TPSA) is 85.9 Å². The zero-order valence-corrected chi connectivity index (χ0v) is 14.7. The zero-order chi connectivity index (χ0) is 17.4. The number of benzene rings is 3. The molecule has 130 valence electrons. The normalized spacial score (nSPS) is 10.5. The molecule has 0 saturated carbocycles. The van der Waals surface area contributed by atoms with Gasteiger partial charge in [0.05, 0.1) is 5.69 Å². The zero-order valence-electron chi connectivity index (χ0n) is 13.9. The Balaban J connectivity index is 0.00000196. The van der Waals surface area contributed by atoms with Crippen molar-refractivity contribution < 1.29 is 5.11 Å². The summed E-state index contributed by atoms with van der Waals surface area (Å²) >= 11 is 0. The summed E-state index contributed by atoms with van der Waals surface area (Å²) in [6.45, 7) is 0. The number of aromatic nitrogens is 1. The van der Waals surface area contributed by atoms with E-state index in [2.05, 4.69) is 4.98 Å². The van der Waals surface area contributed by atoms with E-state index in [1.165, 1.54) is 0 Å². The van der Waals surface area contributed by atoms with Crippen molar-refractivity contribution in [1.29, 1.82) is 5.41 Å². The van der Waals surface area contributed by atoms with Crippen LogP contribution in [-0.2, 0) is 0 Å². The van der Waals surface area contributed by atoms with E-state index in [-0.39, 0.29) is 24.0 Å². The lowest BCUT2D eigenvalue weighted by Crippen LogP contribution is -2.10. The van der Waals surface area contributed by atoms with Crippen LogP contribution in [0.1, 0.15) is 5.56 Å². The van der Waals surface area contributed by atoms with E-state index in [0.29, 0.717) is 5.56 Å². The molecule has 0 radical (unpaired) electrons. The maximum absolute atomic E-state index is 10.8. The molecule has 0 fully saturated rings. The lowest BCUT2D eigenvalue weighted by atomic mass is 10.00. The predicted molar refractivity (Wildman–Crippen MR) is 109 cm³/mol. The van der Waals surface area contributed by atoms with E-state index in [4.69, 9.17) is 11.1 Å². The van der Waals surface area contributed by atoms with Gasteiger partial charge in [-0.05, 0) is 35.9 Å². The third-order valence-electron chi connectivity index (χ3n) is 4.34. The van der Waals surface area contributed by atoms with E-state index < -0.39 is 0 Å². The maximum Gasteiger partial charge on any atom is 0.132 e. The number of para-hydroxylation sites is 1. The molecule has 0 amide bonds. The first-order valence-electron chi connectivity index (χ1n) is 7.98. The summed E-state index contributed by atoms with van der Waals surface area (Å²) in [5.74, 6) is 0.283. The number of phenols is 1. The standard InChI is InChI=1S/C21H17N3O.ClH/c22-21(23)14-9-10-18-15(11-14)12-19(24-18)17-8-4-7-16(20(17)25)13-5-2-1-3-6-13;/h1-12,24-25H,(H3,22,23);1H. The van der Waals surface area contributed by atoms with Gasteiger partial charge in [-0.2, -0.15) is 0 Å². The second-order valence-electron chi connectivity index (χ2n) is 5.97. The largest absolute Gasteiger partial charge is 0.507 e. The average molecular weight is 364 g/mol. The molecule has 0 saturated heterocycles. The maximum atomic E-state index is 10.8. The van der Waals surface area contributed by atoms with Crippen LogP contribution < -0.4 is 5.73 Å². The summed E-state index contributed by atoms with van der Waals surface area (Å²) < 4.78 is 0. The van der Waals surface area contributed by atoms with Crippen LogP contribution in [0.4, 0.5) is 0 Å². The number of nitrogens with two attached hydrogens (primary N) is 1. The molecule has 4 rings (SSSR count). The van der Waals surface area contributed by atoms with Crippen molar-refractivity contribution in [2.45, 2.75) is 0 Å². The Labute approximate surface area is 157 Å². The fourth-order valence-electron chi connectivity index (χ4n) is 3.06. The van der Waals surface area contributed by atoms with Gasteiger partial charge in [0.2, 0.25) is 0 Å². The highest BCUT2D eigenvalue weighted by molar-refractivity contribution is 5.99. The number of H-pyrrole nitrogens is 1. The van der Waals surface area contributed by atoms with Gasteiger partial charge in [0.25, 0.3) is 0 Å². The number of halogens is 1. The molecule has 0 atom stereocenters. The predicted octanol–water partition coefficient (Wildman–Crippen LogP) is 4.91. The fraction of sp³-hybridized carbons (Fsp3) is 0. The molecule has 1 aromatic heterocycles. The summed E-state index contributed by atoms with van der Waals surface area (Å²) in [6, 6.07) is 23.1. The Morgan fingerprint density at radius 3 is 2.35 bits per heavy atom. The van der Waals surface area contributed by atoms with E-state index in [0.717, 1.165) is 33.3 Å². The van der Waals surface area contributed by atoms with Gasteiger partial charge in [0.15, 0.2) is 0 Å². The van der Waals surface area contributed by atoms with Crippen LogP contribution in [0.15, 0.2) is 72.8 Å². The number of aromatic hydroxyl groups is 1. The van der Waals surface area contributed by atoms with Crippen molar-refractivity contribution in [3.05, 3.63) is 78.4 Å². The number of phenolic OH excluding ortho intramolecular Hbond substituents is 1. The lowest BCUT2D eigenvalue weighted by Gasteiger charge is -2.09. The van der Waals surface area contributed by atoms with Crippen LogP contribution in [0, 0.1) is 5.41 Å². The SMILES string of the molecule is Cl.N=C(N)c1ccc2[nH]c(-c3cccc(-c4ccccc4)c3O)cc2c1. The van der Waals surface area contributed by atoms with Crippen LogP contribution in [0.2, 0.25) is 0 Å². The molecule has 0 aliphatic carbocycles. The highest BCUT2D eigenvalue weighted by Gasteiger charge is 2.13. The van der Waals surface area contributed by atoms with Gasteiger partial charge in [-0.1, -0.05) is 42.5 Å². The Bertz CT molecular complexity index is 1090. The Morgan fingerprint density at radius 2 is 1.62 bits per heavy atom. The van der Waals surface area contributed by atoms with Gasteiger partial charge in [0.1, 0.15) is 11.6 Å². The molecular weight excluding hydrogens is 346 g/mol. The summed E-state index contributed by atoms with van der Waals surface area (Å²) in [5.41, 5.74) is 10.5. The van der Waals surface area contributed by atoms with Gasteiger partial charge in [0, 0.05) is 27.6 Å². The van der Waals surface area contributed by atoms with Crippen molar-refractivity contribution in [3.63, 3.8) is 0 Å². The lowest BCUT2D eigenvalue weighted by molar-refractivity contribution is 0.479. The molecule has 26 heavy (non-hydrogen) atoms. The number of nitrogens with one attached hydrogen (secondary N) is 2. The molecule has 1 heterocycles. The van der Waals surface area contributed by atoms with E-state index in [1.54, 1.807) is 0 Å². The molecule has 3 aromatic carbocycles. The molecule has 4 nitrogen and oxygen atoms in total. The molecule has 5 N–H and O–H groups in total. The number of rotatable bonds is 3. The van der Waals surface area contributed by atoms with Gasteiger partial charge in [-0.25, -0.2) is 0 Å². The Kier molecular flexibility index (Phi) is 4.69. The van der Waals surface area contributed by atoms with Gasteiger partial charge >= 0.3 is 0 Å². The second kappa shape index (κ2) is 6.94. The monoisotopic (exact) mass is 363 g/mol. The molecule has 0 aliphatic rings. The summed E-state index contributed by atoms with van der Waals surface area (Å²) in [4.78, 5) is 3.33. The van der Waals surface area contributed by atoms with Gasteiger partial charge in [-0.3, -0.25) is 5.41 Å². The third-order valence-corrected chi connectivity index (χ3v) is 4.34. The molecule has 0 spiro atoms. The first kappa shape index (κ1) is 17.6. The third kappa shape index (κ3) is 3.03. The van der Waals surface area contributed by atoms with Gasteiger partial charge in [-0.15, -0.1) is 12.4 Å². The van der Waals surface area contributed by atoms with Crippen LogP contribution in [0.3, 0.4) is 0 Å². The number of aromatic amines is 1. The van der Waals surface area contributed by atoms with Crippen molar-refractivity contribution in [2.24, 2.45) is 5.73 Å². The molecular formula is C21H18ClN3O. The Hall–Kier alpha value is -3.24. The van der Waals surface area contributed by atoms with Crippen LogP contribution >= 0.6 is 12.4 Å². The van der Waals surface area contributed by atoms with Crippen LogP contribution in [-0.4, -0.2) is 15.9 Å². The number of amidine groups is 1. The van der Waals surface area contributed by atoms with Crippen molar-refractivity contribution in [2.75, 3.05) is 0 Å². The number of hydrogen-bond acceptors (Lipinski definition) is 2. The van der Waals surface area contributed by atoms with Crippen LogP contribution in [0.25, 0.3) is 33.3 Å². The molecule has 0 bridgehead atoms. The van der Waals surface area contributed by atoms with E-state index in [9.17, 15) is 5.11 Å². The molecule has 0 aliphatic heterocycles. The smallest absolute Gasteiger partial charge is 0.132 e.